The van der Waals surface area contributed by atoms with E-state index in [1.165, 1.54) is 0 Å². The summed E-state index contributed by atoms with van der Waals surface area (Å²) in [4.78, 5) is 33.6. The Morgan fingerprint density at radius 1 is 0.973 bits per heavy atom. The second kappa shape index (κ2) is 9.73. The number of aromatic nitrogens is 1. The largest absolute Gasteiger partial charge is 0.493 e. The van der Waals surface area contributed by atoms with Crippen molar-refractivity contribution in [3.8, 4) is 11.5 Å². The zero-order valence-corrected chi connectivity index (χ0v) is 20.6. The van der Waals surface area contributed by atoms with Gasteiger partial charge in [-0.15, -0.1) is 0 Å². The molecule has 2 aromatic carbocycles. The topological polar surface area (TPSA) is 78.0 Å². The number of Topliss-reactive ketones (excluding diaryl/α,β-unsaturated/α-hetero) is 1. The highest BCUT2D eigenvalue weighted by Gasteiger charge is 2.52. The maximum atomic E-state index is 13.8. The van der Waals surface area contributed by atoms with Crippen LogP contribution in [0.15, 0.2) is 84.3 Å². The highest BCUT2D eigenvalue weighted by Crippen LogP contribution is 2.48. The monoisotopic (exact) mass is 496 g/mol. The summed E-state index contributed by atoms with van der Waals surface area (Å²) in [6.45, 7) is 0.392. The van der Waals surface area contributed by atoms with Crippen LogP contribution in [0.3, 0.4) is 0 Å². The molecule has 3 unspecified atom stereocenters. The van der Waals surface area contributed by atoms with Crippen molar-refractivity contribution in [2.45, 2.75) is 44.4 Å². The van der Waals surface area contributed by atoms with Crippen LogP contribution in [0.2, 0.25) is 0 Å². The van der Waals surface area contributed by atoms with E-state index in [9.17, 15) is 9.59 Å². The number of hydrogen-bond acceptors (Lipinski definition) is 6. The maximum absolute atomic E-state index is 13.8. The Balaban J connectivity index is 1.40. The minimum absolute atomic E-state index is 0.00565. The number of fused-ring (bicyclic) bond motifs is 1. The summed E-state index contributed by atoms with van der Waals surface area (Å²) in [5, 5.41) is 0. The Bertz CT molecular complexity index is 1350. The molecule has 2 aliphatic heterocycles. The number of methoxy groups -OCH3 is 1. The van der Waals surface area contributed by atoms with Crippen molar-refractivity contribution >= 4 is 17.5 Å². The third kappa shape index (κ3) is 4.14. The minimum atomic E-state index is -0.662. The van der Waals surface area contributed by atoms with Gasteiger partial charge in [-0.2, -0.15) is 0 Å². The smallest absolute Gasteiger partial charge is 0.295 e. The first-order valence-electron chi connectivity index (χ1n) is 12.7. The summed E-state index contributed by atoms with van der Waals surface area (Å²) in [6, 6.07) is 20.2. The summed E-state index contributed by atoms with van der Waals surface area (Å²) in [5.41, 5.74) is 2.19. The van der Waals surface area contributed by atoms with Gasteiger partial charge >= 0.3 is 0 Å². The fourth-order valence-corrected chi connectivity index (χ4v) is 5.60. The number of benzene rings is 2. The van der Waals surface area contributed by atoms with Crippen molar-refractivity contribution < 1.29 is 23.8 Å². The van der Waals surface area contributed by atoms with Gasteiger partial charge in [0.15, 0.2) is 23.0 Å². The molecule has 188 valence electrons. The lowest BCUT2D eigenvalue weighted by Crippen LogP contribution is -2.39. The second-order valence-electron chi connectivity index (χ2n) is 9.60. The summed E-state index contributed by atoms with van der Waals surface area (Å²) in [6.07, 6.45) is 4.96. The average Bonchev–Trinajstić information content (AvgIpc) is 3.25. The fraction of sp³-hybridized carbons (Fsp3) is 0.300. The molecule has 0 saturated heterocycles. The molecule has 6 rings (SSSR count). The molecule has 1 aliphatic carbocycles. The van der Waals surface area contributed by atoms with Crippen molar-refractivity contribution in [1.82, 2.24) is 4.98 Å². The molecule has 3 heterocycles. The lowest BCUT2D eigenvalue weighted by Gasteiger charge is -2.35. The van der Waals surface area contributed by atoms with Gasteiger partial charge in [0.2, 0.25) is 0 Å². The molecule has 0 spiro atoms. The van der Waals surface area contributed by atoms with Gasteiger partial charge in [-0.3, -0.25) is 14.5 Å². The normalized spacial score (nSPS) is 22.8. The number of ketones is 1. The summed E-state index contributed by atoms with van der Waals surface area (Å²) >= 11 is 0. The number of pyridine rings is 1. The van der Waals surface area contributed by atoms with Gasteiger partial charge in [0.25, 0.3) is 5.91 Å². The van der Waals surface area contributed by atoms with Gasteiger partial charge in [-0.05, 0) is 54.7 Å². The van der Waals surface area contributed by atoms with Crippen LogP contribution in [-0.2, 0) is 20.9 Å². The first-order chi connectivity index (χ1) is 18.2. The molecule has 1 fully saturated rings. The molecule has 1 aromatic heterocycles. The average molecular weight is 497 g/mol. The Labute approximate surface area is 215 Å². The van der Waals surface area contributed by atoms with Crippen LogP contribution >= 0.6 is 0 Å². The molecule has 0 bridgehead atoms. The predicted octanol–water partition coefficient (Wildman–Crippen LogP) is 5.17. The van der Waals surface area contributed by atoms with Crippen molar-refractivity contribution in [1.29, 1.82) is 0 Å². The molecule has 0 N–H and O–H groups in total. The quantitative estimate of drug-likeness (QED) is 0.469. The summed E-state index contributed by atoms with van der Waals surface area (Å²) in [5.74, 6) is 1.18. The number of amides is 1. The molecular formula is C30H28N2O5. The molecule has 7 heteroatoms. The standard InChI is InChI=1S/C30H28N2O5/c1-35-24-17-20(14-15-23(24)36-18-19-9-3-2-4-10-19)27-26-28(33)21-11-5-6-12-22(21)37-29(26)30(34)32(27)25-13-7-8-16-31-25/h2-4,7-10,13-17,21-22,27H,5-6,11-12,18H2,1H3. The van der Waals surface area contributed by atoms with E-state index in [0.717, 1.165) is 36.8 Å². The summed E-state index contributed by atoms with van der Waals surface area (Å²) < 4.78 is 18.0. The Hall–Kier alpha value is -4.13. The first-order valence-corrected chi connectivity index (χ1v) is 12.7. The molecule has 3 aliphatic rings. The van der Waals surface area contributed by atoms with E-state index in [-0.39, 0.29) is 29.5 Å². The first kappa shape index (κ1) is 23.3. The van der Waals surface area contributed by atoms with Crippen molar-refractivity contribution in [3.05, 3.63) is 95.4 Å². The lowest BCUT2D eigenvalue weighted by molar-refractivity contribution is -0.131. The number of rotatable bonds is 6. The van der Waals surface area contributed by atoms with Crippen molar-refractivity contribution in [3.63, 3.8) is 0 Å². The van der Waals surface area contributed by atoms with Gasteiger partial charge in [0, 0.05) is 6.20 Å². The van der Waals surface area contributed by atoms with Gasteiger partial charge in [-0.1, -0.05) is 48.9 Å². The number of anilines is 1. The number of nitrogens with zero attached hydrogens (tertiary/aromatic N) is 2. The van der Waals surface area contributed by atoms with Crippen molar-refractivity contribution in [2.24, 2.45) is 5.92 Å². The molecule has 1 amide bonds. The number of hydrogen-bond donors (Lipinski definition) is 0. The molecular weight excluding hydrogens is 468 g/mol. The lowest BCUT2D eigenvalue weighted by atomic mass is 9.77. The van der Waals surface area contributed by atoms with Crippen molar-refractivity contribution in [2.75, 3.05) is 12.0 Å². The van der Waals surface area contributed by atoms with Crippen LogP contribution in [-0.4, -0.2) is 29.9 Å². The van der Waals surface area contributed by atoms with Crippen LogP contribution in [0.5, 0.6) is 11.5 Å². The van der Waals surface area contributed by atoms with Crippen LogP contribution in [0.25, 0.3) is 0 Å². The van der Waals surface area contributed by atoms with E-state index in [2.05, 4.69) is 4.98 Å². The molecule has 7 nitrogen and oxygen atoms in total. The van der Waals surface area contributed by atoms with E-state index in [0.29, 0.717) is 29.5 Å². The van der Waals surface area contributed by atoms with E-state index >= 15 is 0 Å². The molecule has 1 saturated carbocycles. The van der Waals surface area contributed by atoms with E-state index in [1.807, 2.05) is 54.6 Å². The van der Waals surface area contributed by atoms with Gasteiger partial charge in [-0.25, -0.2) is 4.98 Å². The molecule has 3 aromatic rings. The van der Waals surface area contributed by atoms with Gasteiger partial charge in [0.05, 0.1) is 24.6 Å². The van der Waals surface area contributed by atoms with Crippen LogP contribution in [0.1, 0.15) is 42.9 Å². The SMILES string of the molecule is COc1cc(C2C3=C(OC4CCCCC4C3=O)C(=O)N2c2ccccn2)ccc1OCc1ccccc1. The number of carbonyl (C=O) groups excluding carboxylic acids is 2. The second-order valence-corrected chi connectivity index (χ2v) is 9.60. The molecule has 37 heavy (non-hydrogen) atoms. The molecule has 0 radical (unpaired) electrons. The zero-order chi connectivity index (χ0) is 25.4. The predicted molar refractivity (Wildman–Crippen MR) is 137 cm³/mol. The number of carbonyl (C=O) groups is 2. The highest BCUT2D eigenvalue weighted by molar-refractivity contribution is 6.17. The zero-order valence-electron chi connectivity index (χ0n) is 20.6. The van der Waals surface area contributed by atoms with E-state index < -0.39 is 6.04 Å². The Kier molecular flexibility index (Phi) is 6.12. The Morgan fingerprint density at radius 3 is 2.57 bits per heavy atom. The van der Waals surface area contributed by atoms with Crippen LogP contribution in [0, 0.1) is 5.92 Å². The third-order valence-electron chi connectivity index (χ3n) is 7.40. The highest BCUT2D eigenvalue weighted by atomic mass is 16.5. The van der Waals surface area contributed by atoms with Crippen LogP contribution in [0.4, 0.5) is 5.82 Å². The van der Waals surface area contributed by atoms with Gasteiger partial charge < -0.3 is 14.2 Å². The fourth-order valence-electron chi connectivity index (χ4n) is 5.60. The van der Waals surface area contributed by atoms with E-state index in [1.54, 1.807) is 30.3 Å². The number of ether oxygens (including phenoxy) is 3. The minimum Gasteiger partial charge on any atom is -0.493 e. The Morgan fingerprint density at radius 2 is 1.78 bits per heavy atom. The molecule has 3 atom stereocenters. The third-order valence-corrected chi connectivity index (χ3v) is 7.40. The van der Waals surface area contributed by atoms with Gasteiger partial charge in [0.1, 0.15) is 18.5 Å². The van der Waals surface area contributed by atoms with Crippen LogP contribution < -0.4 is 14.4 Å². The van der Waals surface area contributed by atoms with E-state index in [4.69, 9.17) is 14.2 Å². The summed E-state index contributed by atoms with van der Waals surface area (Å²) in [7, 11) is 1.58. The maximum Gasteiger partial charge on any atom is 0.295 e.